The first-order chi connectivity index (χ1) is 6.80. The number of aryl methyl sites for hydroxylation is 1. The van der Waals surface area contributed by atoms with Crippen LogP contribution in [-0.4, -0.2) is 11.6 Å². The van der Waals surface area contributed by atoms with Gasteiger partial charge in [-0.25, -0.2) is 0 Å². The second kappa shape index (κ2) is 4.01. The maximum Gasteiger partial charge on any atom is 0.205 e. The van der Waals surface area contributed by atoms with Gasteiger partial charge < -0.3 is 4.42 Å². The van der Waals surface area contributed by atoms with Crippen molar-refractivity contribution < 1.29 is 14.0 Å². The fraction of sp³-hybridized carbons (Fsp3) is 0.500. The van der Waals surface area contributed by atoms with Gasteiger partial charge in [0.2, 0.25) is 5.78 Å². The molecule has 1 heterocycles. The Morgan fingerprint density at radius 2 is 1.87 bits per heavy atom. The lowest BCUT2D eigenvalue weighted by Crippen LogP contribution is -2.22. The molecule has 0 aliphatic heterocycles. The number of hydrogen-bond donors (Lipinski definition) is 0. The maximum absolute atomic E-state index is 11.6. The Morgan fingerprint density at radius 1 is 1.27 bits per heavy atom. The zero-order valence-electron chi connectivity index (χ0n) is 9.59. The van der Waals surface area contributed by atoms with E-state index in [-0.39, 0.29) is 23.7 Å². The van der Waals surface area contributed by atoms with Crippen LogP contribution in [0.15, 0.2) is 16.5 Å². The molecule has 0 unspecified atom stereocenters. The molecule has 0 aliphatic carbocycles. The molecule has 3 nitrogen and oxygen atoms in total. The first-order valence-corrected chi connectivity index (χ1v) is 4.93. The minimum Gasteiger partial charge on any atom is -0.458 e. The molecule has 0 spiro atoms. The van der Waals surface area contributed by atoms with Crippen LogP contribution in [0.4, 0.5) is 0 Å². The normalized spacial score (nSPS) is 11.5. The zero-order chi connectivity index (χ0) is 11.6. The van der Waals surface area contributed by atoms with Crippen LogP contribution in [0, 0.1) is 12.3 Å². The van der Waals surface area contributed by atoms with Crippen molar-refractivity contribution in [2.24, 2.45) is 5.41 Å². The third-order valence-electron chi connectivity index (χ3n) is 2.17. The van der Waals surface area contributed by atoms with Crippen molar-refractivity contribution in [3.05, 3.63) is 23.7 Å². The molecule has 3 heteroatoms. The molecule has 1 aromatic heterocycles. The lowest BCUT2D eigenvalue weighted by Gasteiger charge is -2.15. The Hall–Kier alpha value is -1.38. The molecule has 0 fully saturated rings. The highest BCUT2D eigenvalue weighted by atomic mass is 16.3. The number of ketones is 2. The average Bonchev–Trinajstić information content (AvgIpc) is 2.50. The Balaban J connectivity index is 2.69. The van der Waals surface area contributed by atoms with E-state index in [1.807, 2.05) is 0 Å². The number of carbonyl (C=O) groups excluding carboxylic acids is 2. The largest absolute Gasteiger partial charge is 0.458 e. The van der Waals surface area contributed by atoms with Crippen molar-refractivity contribution in [1.29, 1.82) is 0 Å². The van der Waals surface area contributed by atoms with Gasteiger partial charge in [-0.2, -0.15) is 0 Å². The van der Waals surface area contributed by atoms with Gasteiger partial charge in [-0.3, -0.25) is 9.59 Å². The number of carbonyl (C=O) groups is 2. The molecule has 0 amide bonds. The molecule has 15 heavy (non-hydrogen) atoms. The summed E-state index contributed by atoms with van der Waals surface area (Å²) in [5.41, 5.74) is -0.475. The summed E-state index contributed by atoms with van der Waals surface area (Å²) in [4.78, 5) is 23.2. The predicted octanol–water partition coefficient (Wildman–Crippen LogP) is 2.78. The third kappa shape index (κ3) is 3.05. The Bertz CT molecular complexity index is 380. The molecular formula is C12H16O3. The third-order valence-corrected chi connectivity index (χ3v) is 2.17. The standard InChI is InChI=1S/C12H16O3/c1-8-5-6-10(15-8)9(13)7-11(14)12(2,3)4/h5-6H,7H2,1-4H3. The van der Waals surface area contributed by atoms with Crippen LogP contribution in [0.25, 0.3) is 0 Å². The van der Waals surface area contributed by atoms with Gasteiger partial charge in [0, 0.05) is 5.41 Å². The fourth-order valence-corrected chi connectivity index (χ4v) is 1.08. The van der Waals surface area contributed by atoms with Crippen LogP contribution in [0.3, 0.4) is 0 Å². The van der Waals surface area contributed by atoms with Crippen LogP contribution in [0.5, 0.6) is 0 Å². The minimum absolute atomic E-state index is 0.0680. The lowest BCUT2D eigenvalue weighted by molar-refractivity contribution is -0.125. The molecule has 0 N–H and O–H groups in total. The zero-order valence-corrected chi connectivity index (χ0v) is 9.59. The van der Waals surface area contributed by atoms with Crippen LogP contribution >= 0.6 is 0 Å². The fourth-order valence-electron chi connectivity index (χ4n) is 1.08. The number of rotatable bonds is 3. The van der Waals surface area contributed by atoms with Crippen molar-refractivity contribution in [1.82, 2.24) is 0 Å². The van der Waals surface area contributed by atoms with E-state index in [2.05, 4.69) is 0 Å². The van der Waals surface area contributed by atoms with E-state index < -0.39 is 5.41 Å². The summed E-state index contributed by atoms with van der Waals surface area (Å²) in [6, 6.07) is 3.32. The lowest BCUT2D eigenvalue weighted by atomic mass is 9.88. The van der Waals surface area contributed by atoms with Crippen molar-refractivity contribution in [2.75, 3.05) is 0 Å². The monoisotopic (exact) mass is 208 g/mol. The Morgan fingerprint density at radius 3 is 2.27 bits per heavy atom. The summed E-state index contributed by atoms with van der Waals surface area (Å²) in [6.07, 6.45) is -0.0869. The van der Waals surface area contributed by atoms with Gasteiger partial charge in [-0.15, -0.1) is 0 Å². The van der Waals surface area contributed by atoms with Gasteiger partial charge in [0.05, 0.1) is 6.42 Å². The van der Waals surface area contributed by atoms with E-state index in [4.69, 9.17) is 4.42 Å². The second-order valence-corrected chi connectivity index (χ2v) is 4.68. The second-order valence-electron chi connectivity index (χ2n) is 4.68. The number of hydrogen-bond acceptors (Lipinski definition) is 3. The van der Waals surface area contributed by atoms with E-state index in [1.165, 1.54) is 0 Å². The molecular weight excluding hydrogens is 192 g/mol. The van der Waals surface area contributed by atoms with E-state index in [0.717, 1.165) is 0 Å². The molecule has 82 valence electrons. The van der Waals surface area contributed by atoms with Gasteiger partial charge >= 0.3 is 0 Å². The van der Waals surface area contributed by atoms with Crippen LogP contribution in [0.2, 0.25) is 0 Å². The van der Waals surface area contributed by atoms with E-state index >= 15 is 0 Å². The molecule has 0 saturated carbocycles. The number of furan rings is 1. The minimum atomic E-state index is -0.475. The Kier molecular flexibility index (Phi) is 3.12. The van der Waals surface area contributed by atoms with Gasteiger partial charge in [-0.1, -0.05) is 20.8 Å². The molecule has 0 bridgehead atoms. The van der Waals surface area contributed by atoms with Crippen molar-refractivity contribution in [2.45, 2.75) is 34.1 Å². The highest BCUT2D eigenvalue weighted by Crippen LogP contribution is 2.19. The number of Topliss-reactive ketones (excluding diaryl/α,β-unsaturated/α-hetero) is 2. The highest BCUT2D eigenvalue weighted by molar-refractivity contribution is 6.07. The molecule has 1 rings (SSSR count). The van der Waals surface area contributed by atoms with E-state index in [9.17, 15) is 9.59 Å². The summed E-state index contributed by atoms with van der Waals surface area (Å²) in [6.45, 7) is 7.17. The first kappa shape index (κ1) is 11.7. The quantitative estimate of drug-likeness (QED) is 0.566. The molecule has 0 saturated heterocycles. The van der Waals surface area contributed by atoms with Gasteiger partial charge in [-0.05, 0) is 19.1 Å². The molecule has 0 atom stereocenters. The van der Waals surface area contributed by atoms with Gasteiger partial charge in [0.1, 0.15) is 11.5 Å². The molecule has 0 aromatic carbocycles. The summed E-state index contributed by atoms with van der Waals surface area (Å²) in [5.74, 6) is 0.635. The van der Waals surface area contributed by atoms with Gasteiger partial charge in [0.25, 0.3) is 0 Å². The van der Waals surface area contributed by atoms with Gasteiger partial charge in [0.15, 0.2) is 5.76 Å². The summed E-state index contributed by atoms with van der Waals surface area (Å²) in [5, 5.41) is 0. The molecule has 0 aliphatic rings. The summed E-state index contributed by atoms with van der Waals surface area (Å²) in [7, 11) is 0. The van der Waals surface area contributed by atoms with E-state index in [1.54, 1.807) is 39.8 Å². The highest BCUT2D eigenvalue weighted by Gasteiger charge is 2.25. The predicted molar refractivity (Wildman–Crippen MR) is 56.9 cm³/mol. The van der Waals surface area contributed by atoms with Crippen LogP contribution in [0.1, 0.15) is 43.5 Å². The summed E-state index contributed by atoms with van der Waals surface area (Å²) < 4.78 is 5.16. The van der Waals surface area contributed by atoms with Crippen LogP contribution in [-0.2, 0) is 4.79 Å². The average molecular weight is 208 g/mol. The topological polar surface area (TPSA) is 47.3 Å². The smallest absolute Gasteiger partial charge is 0.205 e. The van der Waals surface area contributed by atoms with Crippen molar-refractivity contribution >= 4 is 11.6 Å². The SMILES string of the molecule is Cc1ccc(C(=O)CC(=O)C(C)(C)C)o1. The van der Waals surface area contributed by atoms with E-state index in [0.29, 0.717) is 5.76 Å². The Labute approximate surface area is 89.5 Å². The van der Waals surface area contributed by atoms with Crippen molar-refractivity contribution in [3.8, 4) is 0 Å². The first-order valence-electron chi connectivity index (χ1n) is 4.93. The molecule has 1 aromatic rings. The van der Waals surface area contributed by atoms with Crippen LogP contribution < -0.4 is 0 Å². The maximum atomic E-state index is 11.6. The molecule has 0 radical (unpaired) electrons. The summed E-state index contributed by atoms with van der Waals surface area (Å²) >= 11 is 0. The van der Waals surface area contributed by atoms with Crippen molar-refractivity contribution in [3.63, 3.8) is 0 Å².